The average molecular weight is 260 g/mol. The molecule has 0 unspecified atom stereocenters. The van der Waals surface area contributed by atoms with Crippen molar-refractivity contribution in [2.75, 3.05) is 6.61 Å². The molecule has 2 heteroatoms. The Morgan fingerprint density at radius 3 is 2.53 bits per heavy atom. The van der Waals surface area contributed by atoms with Gasteiger partial charge >= 0.3 is 0 Å². The number of rotatable bonds is 3. The van der Waals surface area contributed by atoms with Crippen LogP contribution >= 0.6 is 0 Å². The topological polar surface area (TPSA) is 18.5 Å². The third kappa shape index (κ3) is 3.68. The summed E-state index contributed by atoms with van der Waals surface area (Å²) in [6.07, 6.45) is 4.05. The second kappa shape index (κ2) is 5.89. The summed E-state index contributed by atoms with van der Waals surface area (Å²) in [5, 5.41) is 0. The van der Waals surface area contributed by atoms with Crippen molar-refractivity contribution in [3.05, 3.63) is 42.0 Å². The molecule has 0 spiro atoms. The van der Waals surface area contributed by atoms with Gasteiger partial charge in [0, 0.05) is 5.41 Å². The second-order valence-electron chi connectivity index (χ2n) is 6.24. The summed E-state index contributed by atoms with van der Waals surface area (Å²) in [6.45, 7) is 9.55. The zero-order chi connectivity index (χ0) is 13.9. The van der Waals surface area contributed by atoms with Crippen molar-refractivity contribution in [1.29, 1.82) is 0 Å². The molecule has 2 nitrogen and oxygen atoms in total. The molecule has 2 atom stereocenters. The molecule has 0 N–H and O–H groups in total. The van der Waals surface area contributed by atoms with Crippen LogP contribution in [-0.2, 0) is 9.47 Å². The molecule has 1 heterocycles. The quantitative estimate of drug-likeness (QED) is 0.813. The van der Waals surface area contributed by atoms with E-state index in [2.05, 4.69) is 45.9 Å². The van der Waals surface area contributed by atoms with E-state index in [-0.39, 0.29) is 17.8 Å². The molecule has 0 aromatic heterocycles. The van der Waals surface area contributed by atoms with Crippen molar-refractivity contribution >= 4 is 6.08 Å². The van der Waals surface area contributed by atoms with Gasteiger partial charge in [0.05, 0.1) is 12.7 Å². The third-order valence-electron chi connectivity index (χ3n) is 3.52. The van der Waals surface area contributed by atoms with Gasteiger partial charge in [0.1, 0.15) is 0 Å². The van der Waals surface area contributed by atoms with Gasteiger partial charge < -0.3 is 9.47 Å². The fourth-order valence-corrected chi connectivity index (χ4v) is 2.66. The van der Waals surface area contributed by atoms with Gasteiger partial charge in [-0.3, -0.25) is 0 Å². The summed E-state index contributed by atoms with van der Waals surface area (Å²) in [5.41, 5.74) is 1.24. The lowest BCUT2D eigenvalue weighted by atomic mass is 9.80. The van der Waals surface area contributed by atoms with Crippen LogP contribution in [0.1, 0.15) is 33.3 Å². The predicted molar refractivity (Wildman–Crippen MR) is 78.7 cm³/mol. The molecule has 1 fully saturated rings. The van der Waals surface area contributed by atoms with Crippen molar-refractivity contribution in [2.45, 2.75) is 40.1 Å². The van der Waals surface area contributed by atoms with Gasteiger partial charge in [-0.2, -0.15) is 0 Å². The molecule has 1 aromatic carbocycles. The molecule has 2 rings (SSSR count). The van der Waals surface area contributed by atoms with E-state index < -0.39 is 0 Å². The number of benzene rings is 1. The number of hydrogen-bond donors (Lipinski definition) is 0. The molecule has 19 heavy (non-hydrogen) atoms. The highest BCUT2D eigenvalue weighted by Gasteiger charge is 2.39. The largest absolute Gasteiger partial charge is 0.348 e. The fraction of sp³-hybridized carbons (Fsp3) is 0.529. The average Bonchev–Trinajstić information content (AvgIpc) is 2.38. The molecular weight excluding hydrogens is 236 g/mol. The van der Waals surface area contributed by atoms with Gasteiger partial charge in [-0.05, 0) is 17.6 Å². The van der Waals surface area contributed by atoms with Crippen molar-refractivity contribution in [3.63, 3.8) is 0 Å². The summed E-state index contributed by atoms with van der Waals surface area (Å²) < 4.78 is 11.9. The Kier molecular flexibility index (Phi) is 4.43. The highest BCUT2D eigenvalue weighted by molar-refractivity contribution is 5.49. The van der Waals surface area contributed by atoms with E-state index in [4.69, 9.17) is 9.47 Å². The smallest absolute Gasteiger partial charge is 0.177 e. The summed E-state index contributed by atoms with van der Waals surface area (Å²) in [5.74, 6) is 0.492. The number of hydrogen-bond acceptors (Lipinski definition) is 2. The third-order valence-corrected chi connectivity index (χ3v) is 3.52. The molecule has 1 aromatic rings. The van der Waals surface area contributed by atoms with Gasteiger partial charge in [0.2, 0.25) is 0 Å². The minimum Gasteiger partial charge on any atom is -0.348 e. The summed E-state index contributed by atoms with van der Waals surface area (Å²) in [7, 11) is 0. The van der Waals surface area contributed by atoms with Crippen molar-refractivity contribution in [2.24, 2.45) is 11.3 Å². The Balaban J connectivity index is 2.02. The molecule has 0 radical (unpaired) electrons. The molecule has 0 bridgehead atoms. The number of ether oxygens (including phenoxy) is 2. The normalized spacial score (nSPS) is 27.0. The lowest BCUT2D eigenvalue weighted by Crippen LogP contribution is -2.47. The second-order valence-corrected chi connectivity index (χ2v) is 6.24. The molecule has 1 saturated heterocycles. The Labute approximate surface area is 116 Å². The minimum absolute atomic E-state index is 0.0747. The van der Waals surface area contributed by atoms with Crippen LogP contribution in [0.25, 0.3) is 6.08 Å². The van der Waals surface area contributed by atoms with E-state index >= 15 is 0 Å². The Morgan fingerprint density at radius 2 is 1.89 bits per heavy atom. The van der Waals surface area contributed by atoms with Gasteiger partial charge in [-0.1, -0.05) is 64.1 Å². The Hall–Kier alpha value is -1.12. The van der Waals surface area contributed by atoms with Crippen LogP contribution in [0.2, 0.25) is 0 Å². The lowest BCUT2D eigenvalue weighted by molar-refractivity contribution is -0.249. The highest BCUT2D eigenvalue weighted by Crippen LogP contribution is 2.34. The lowest BCUT2D eigenvalue weighted by Gasteiger charge is -2.43. The van der Waals surface area contributed by atoms with E-state index in [9.17, 15) is 0 Å². The van der Waals surface area contributed by atoms with Crippen LogP contribution in [0.4, 0.5) is 0 Å². The minimum atomic E-state index is -0.236. The predicted octanol–water partition coefficient (Wildman–Crippen LogP) is 4.12. The first-order valence-electron chi connectivity index (χ1n) is 6.99. The maximum atomic E-state index is 6.08. The van der Waals surface area contributed by atoms with Gasteiger partial charge in [-0.15, -0.1) is 0 Å². The summed E-state index contributed by atoms with van der Waals surface area (Å²) in [6, 6.07) is 10.2. The first kappa shape index (κ1) is 14.3. The van der Waals surface area contributed by atoms with Crippen molar-refractivity contribution in [3.8, 4) is 0 Å². The van der Waals surface area contributed by atoms with Crippen LogP contribution in [0.15, 0.2) is 36.4 Å². The standard InChI is InChI=1S/C17H24O2/c1-13(2)16-17(3,4)12-18-15(19-16)11-10-14-8-6-5-7-9-14/h5-11,13,15-16H,12H2,1-4H3/b11-10+/t15-,16+/m0/s1. The Bertz CT molecular complexity index is 420. The van der Waals surface area contributed by atoms with Crippen LogP contribution in [0.5, 0.6) is 0 Å². The molecule has 0 aliphatic carbocycles. The van der Waals surface area contributed by atoms with Crippen LogP contribution < -0.4 is 0 Å². The van der Waals surface area contributed by atoms with Gasteiger partial charge in [0.25, 0.3) is 0 Å². The maximum Gasteiger partial charge on any atom is 0.177 e. The molecule has 0 amide bonds. The molecular formula is C17H24O2. The van der Waals surface area contributed by atoms with Crippen molar-refractivity contribution in [1.82, 2.24) is 0 Å². The summed E-state index contributed by atoms with van der Waals surface area (Å²) in [4.78, 5) is 0. The van der Waals surface area contributed by atoms with Gasteiger partial charge in [0.15, 0.2) is 6.29 Å². The summed E-state index contributed by atoms with van der Waals surface area (Å²) >= 11 is 0. The zero-order valence-corrected chi connectivity index (χ0v) is 12.3. The van der Waals surface area contributed by atoms with E-state index in [0.29, 0.717) is 5.92 Å². The maximum absolute atomic E-state index is 6.08. The molecule has 0 saturated carbocycles. The van der Waals surface area contributed by atoms with E-state index in [1.54, 1.807) is 0 Å². The van der Waals surface area contributed by atoms with Crippen LogP contribution in [-0.4, -0.2) is 19.0 Å². The molecule has 104 valence electrons. The van der Waals surface area contributed by atoms with E-state index in [1.165, 1.54) is 5.56 Å². The SMILES string of the molecule is CC(C)[C@H]1O[C@@H](/C=C/c2ccccc2)OCC1(C)C. The molecule has 1 aliphatic rings. The zero-order valence-electron chi connectivity index (χ0n) is 12.3. The molecule has 1 aliphatic heterocycles. The van der Waals surface area contributed by atoms with Crippen molar-refractivity contribution < 1.29 is 9.47 Å². The highest BCUT2D eigenvalue weighted by atomic mass is 16.7. The first-order valence-corrected chi connectivity index (χ1v) is 6.99. The first-order chi connectivity index (χ1) is 8.99. The van der Waals surface area contributed by atoms with E-state index in [0.717, 1.165) is 6.61 Å². The van der Waals surface area contributed by atoms with E-state index in [1.807, 2.05) is 24.3 Å². The van der Waals surface area contributed by atoms with Gasteiger partial charge in [-0.25, -0.2) is 0 Å². The fourth-order valence-electron chi connectivity index (χ4n) is 2.66. The Morgan fingerprint density at radius 1 is 1.21 bits per heavy atom. The van der Waals surface area contributed by atoms with Crippen LogP contribution in [0.3, 0.4) is 0 Å². The van der Waals surface area contributed by atoms with Crippen LogP contribution in [0, 0.1) is 11.3 Å². The monoisotopic (exact) mass is 260 g/mol.